The standard InChI is InChI=1S/C18H26ClNO3/c1-3-17(22,4-2)13-20-16(21)18(9-11-23-12-10-18)14-5-7-15(19)8-6-14/h5-8,22H,3-4,9-13H2,1-2H3,(H,20,21). The molecule has 0 bridgehead atoms. The Morgan fingerprint density at radius 3 is 2.35 bits per heavy atom. The van der Waals surface area contributed by atoms with Crippen LogP contribution in [-0.4, -0.2) is 36.4 Å². The SMILES string of the molecule is CCC(O)(CC)CNC(=O)C1(c2ccc(Cl)cc2)CCOCC1. The molecule has 23 heavy (non-hydrogen) atoms. The van der Waals surface area contributed by atoms with Gasteiger partial charge in [-0.2, -0.15) is 0 Å². The molecule has 1 aromatic rings. The summed E-state index contributed by atoms with van der Waals surface area (Å²) < 4.78 is 5.45. The van der Waals surface area contributed by atoms with Gasteiger partial charge in [0, 0.05) is 24.8 Å². The van der Waals surface area contributed by atoms with E-state index in [1.807, 2.05) is 38.1 Å². The second-order valence-electron chi connectivity index (χ2n) is 6.32. The lowest BCUT2D eigenvalue weighted by Crippen LogP contribution is -2.52. The van der Waals surface area contributed by atoms with Crippen LogP contribution in [0.1, 0.15) is 45.1 Å². The van der Waals surface area contributed by atoms with Crippen LogP contribution >= 0.6 is 11.6 Å². The summed E-state index contributed by atoms with van der Waals surface area (Å²) >= 11 is 5.98. The highest BCUT2D eigenvalue weighted by Gasteiger charge is 2.42. The number of carbonyl (C=O) groups is 1. The molecule has 0 atom stereocenters. The zero-order valence-electron chi connectivity index (χ0n) is 13.9. The van der Waals surface area contributed by atoms with E-state index < -0.39 is 11.0 Å². The fourth-order valence-electron chi connectivity index (χ4n) is 3.05. The Bertz CT molecular complexity index is 520. The topological polar surface area (TPSA) is 58.6 Å². The predicted molar refractivity (Wildman–Crippen MR) is 91.7 cm³/mol. The van der Waals surface area contributed by atoms with Crippen molar-refractivity contribution in [3.8, 4) is 0 Å². The molecule has 5 heteroatoms. The van der Waals surface area contributed by atoms with E-state index in [1.54, 1.807) is 0 Å². The molecule has 0 unspecified atom stereocenters. The number of ether oxygens (including phenoxy) is 1. The second-order valence-corrected chi connectivity index (χ2v) is 6.75. The van der Waals surface area contributed by atoms with Crippen molar-refractivity contribution in [2.75, 3.05) is 19.8 Å². The average Bonchev–Trinajstić information content (AvgIpc) is 2.60. The summed E-state index contributed by atoms with van der Waals surface area (Å²) in [5.74, 6) is -0.0385. The first-order valence-electron chi connectivity index (χ1n) is 8.30. The lowest BCUT2D eigenvalue weighted by molar-refractivity contribution is -0.131. The van der Waals surface area contributed by atoms with Gasteiger partial charge in [-0.3, -0.25) is 4.79 Å². The van der Waals surface area contributed by atoms with Gasteiger partial charge < -0.3 is 15.2 Å². The Hall–Kier alpha value is -1.10. The van der Waals surface area contributed by atoms with E-state index in [1.165, 1.54) is 0 Å². The van der Waals surface area contributed by atoms with Crippen LogP contribution in [-0.2, 0) is 14.9 Å². The van der Waals surface area contributed by atoms with Crippen LogP contribution in [0.5, 0.6) is 0 Å². The maximum Gasteiger partial charge on any atom is 0.230 e. The molecular formula is C18H26ClNO3. The molecule has 1 saturated heterocycles. The van der Waals surface area contributed by atoms with E-state index in [0.717, 1.165) is 5.56 Å². The maximum atomic E-state index is 13.0. The maximum absolute atomic E-state index is 13.0. The summed E-state index contributed by atoms with van der Waals surface area (Å²) in [4.78, 5) is 13.0. The lowest BCUT2D eigenvalue weighted by atomic mass is 9.73. The zero-order valence-corrected chi connectivity index (χ0v) is 14.7. The van der Waals surface area contributed by atoms with E-state index in [-0.39, 0.29) is 12.5 Å². The molecule has 1 amide bonds. The van der Waals surface area contributed by atoms with Crippen LogP contribution in [0.4, 0.5) is 0 Å². The molecule has 0 aromatic heterocycles. The molecule has 2 rings (SSSR count). The monoisotopic (exact) mass is 339 g/mol. The molecule has 0 radical (unpaired) electrons. The van der Waals surface area contributed by atoms with E-state index in [4.69, 9.17) is 16.3 Å². The molecule has 128 valence electrons. The molecule has 2 N–H and O–H groups in total. The van der Waals surface area contributed by atoms with E-state index in [2.05, 4.69) is 5.32 Å². The first-order chi connectivity index (χ1) is 11.0. The van der Waals surface area contributed by atoms with Crippen LogP contribution in [0.2, 0.25) is 5.02 Å². The molecule has 1 aromatic carbocycles. The number of amides is 1. The number of aliphatic hydroxyl groups is 1. The van der Waals surface area contributed by atoms with Crippen molar-refractivity contribution in [1.29, 1.82) is 0 Å². The van der Waals surface area contributed by atoms with Gasteiger partial charge in [-0.25, -0.2) is 0 Å². The van der Waals surface area contributed by atoms with Gasteiger partial charge in [0.25, 0.3) is 0 Å². The van der Waals surface area contributed by atoms with E-state index >= 15 is 0 Å². The smallest absolute Gasteiger partial charge is 0.230 e. The van der Waals surface area contributed by atoms with Crippen molar-refractivity contribution in [2.24, 2.45) is 0 Å². The molecule has 0 spiro atoms. The summed E-state index contributed by atoms with van der Waals surface area (Å²) in [7, 11) is 0. The molecule has 1 aliphatic heterocycles. The van der Waals surface area contributed by atoms with E-state index in [0.29, 0.717) is 43.9 Å². The number of nitrogens with one attached hydrogen (secondary N) is 1. The van der Waals surface area contributed by atoms with Crippen molar-refractivity contribution in [1.82, 2.24) is 5.32 Å². The molecule has 1 fully saturated rings. The van der Waals surface area contributed by atoms with Crippen LogP contribution in [0.25, 0.3) is 0 Å². The second kappa shape index (κ2) is 7.65. The van der Waals surface area contributed by atoms with Crippen molar-refractivity contribution >= 4 is 17.5 Å². The predicted octanol–water partition coefficient (Wildman–Crippen LogP) is 3.06. The number of carbonyl (C=O) groups excluding carboxylic acids is 1. The molecule has 1 aliphatic rings. The zero-order chi connectivity index (χ0) is 16.9. The van der Waals surface area contributed by atoms with Crippen LogP contribution in [0, 0.1) is 0 Å². The summed E-state index contributed by atoms with van der Waals surface area (Å²) in [6.45, 7) is 5.25. The third-order valence-corrected chi connectivity index (χ3v) is 5.32. The van der Waals surface area contributed by atoms with Gasteiger partial charge >= 0.3 is 0 Å². The largest absolute Gasteiger partial charge is 0.388 e. The Balaban J connectivity index is 2.21. The van der Waals surface area contributed by atoms with Gasteiger partial charge in [0.1, 0.15) is 0 Å². The van der Waals surface area contributed by atoms with Crippen LogP contribution in [0.3, 0.4) is 0 Å². The first-order valence-corrected chi connectivity index (χ1v) is 8.68. The minimum Gasteiger partial charge on any atom is -0.388 e. The normalized spacial score (nSPS) is 17.7. The minimum atomic E-state index is -0.845. The van der Waals surface area contributed by atoms with Crippen molar-refractivity contribution in [3.63, 3.8) is 0 Å². The average molecular weight is 340 g/mol. The summed E-state index contributed by atoms with van der Waals surface area (Å²) in [5, 5.41) is 14.0. The quantitative estimate of drug-likeness (QED) is 0.837. The Morgan fingerprint density at radius 1 is 1.26 bits per heavy atom. The third-order valence-electron chi connectivity index (χ3n) is 5.07. The van der Waals surface area contributed by atoms with Crippen LogP contribution in [0.15, 0.2) is 24.3 Å². The lowest BCUT2D eigenvalue weighted by Gasteiger charge is -2.37. The highest BCUT2D eigenvalue weighted by molar-refractivity contribution is 6.30. The minimum absolute atomic E-state index is 0.0385. The molecule has 0 aliphatic carbocycles. The molecule has 1 heterocycles. The number of hydrogen-bond acceptors (Lipinski definition) is 3. The fraction of sp³-hybridized carbons (Fsp3) is 0.611. The Morgan fingerprint density at radius 2 is 1.83 bits per heavy atom. The number of halogens is 1. The van der Waals surface area contributed by atoms with Gasteiger partial charge in [0.15, 0.2) is 0 Å². The van der Waals surface area contributed by atoms with Crippen LogP contribution < -0.4 is 5.32 Å². The molecule has 0 saturated carbocycles. The van der Waals surface area contributed by atoms with Gasteiger partial charge in [-0.05, 0) is 43.4 Å². The fourth-order valence-corrected chi connectivity index (χ4v) is 3.18. The van der Waals surface area contributed by atoms with Gasteiger partial charge in [0.05, 0.1) is 11.0 Å². The Kier molecular flexibility index (Phi) is 6.06. The van der Waals surface area contributed by atoms with Crippen molar-refractivity contribution in [2.45, 2.75) is 50.5 Å². The summed E-state index contributed by atoms with van der Waals surface area (Å²) in [6, 6.07) is 7.46. The third kappa shape index (κ3) is 4.06. The summed E-state index contributed by atoms with van der Waals surface area (Å²) in [5.41, 5.74) is -0.494. The molecule has 4 nitrogen and oxygen atoms in total. The highest BCUT2D eigenvalue weighted by Crippen LogP contribution is 2.36. The summed E-state index contributed by atoms with van der Waals surface area (Å²) in [6.07, 6.45) is 2.50. The number of hydrogen-bond donors (Lipinski definition) is 2. The van der Waals surface area contributed by atoms with Gasteiger partial charge in [-0.1, -0.05) is 37.6 Å². The van der Waals surface area contributed by atoms with E-state index in [9.17, 15) is 9.90 Å². The first kappa shape index (κ1) is 18.2. The number of benzene rings is 1. The highest BCUT2D eigenvalue weighted by atomic mass is 35.5. The Labute approximate surface area is 143 Å². The number of rotatable bonds is 6. The molecular weight excluding hydrogens is 314 g/mol. The van der Waals surface area contributed by atoms with Gasteiger partial charge in [-0.15, -0.1) is 0 Å². The van der Waals surface area contributed by atoms with Crippen molar-refractivity contribution in [3.05, 3.63) is 34.9 Å². The van der Waals surface area contributed by atoms with Crippen molar-refractivity contribution < 1.29 is 14.6 Å². The van der Waals surface area contributed by atoms with Gasteiger partial charge in [0.2, 0.25) is 5.91 Å².